The maximum Gasteiger partial charge on any atom is 0.191 e. The molecule has 0 saturated carbocycles. The minimum absolute atomic E-state index is 0.185. The van der Waals surface area contributed by atoms with Crippen molar-refractivity contribution in [3.63, 3.8) is 0 Å². The number of thiocarbonyl (C=S) groups is 1. The first-order valence-corrected chi connectivity index (χ1v) is 7.45. The molecule has 0 aliphatic rings. The van der Waals surface area contributed by atoms with Crippen LogP contribution in [0.15, 0.2) is 47.6 Å². The molecule has 0 heterocycles. The van der Waals surface area contributed by atoms with Crippen molar-refractivity contribution in [1.82, 2.24) is 5.43 Å². The van der Waals surface area contributed by atoms with E-state index in [0.717, 1.165) is 17.0 Å². The number of ether oxygens (including phenoxy) is 1. The van der Waals surface area contributed by atoms with E-state index < -0.39 is 0 Å². The average Bonchev–Trinajstić information content (AvgIpc) is 2.55. The van der Waals surface area contributed by atoms with Gasteiger partial charge in [-0.15, -0.1) is 0 Å². The quantitative estimate of drug-likeness (QED) is 0.456. The normalized spacial score (nSPS) is 11.0. The van der Waals surface area contributed by atoms with Crippen molar-refractivity contribution < 1.29 is 9.84 Å². The van der Waals surface area contributed by atoms with Crippen LogP contribution in [0, 0.1) is 6.92 Å². The van der Waals surface area contributed by atoms with Gasteiger partial charge in [-0.2, -0.15) is 5.10 Å². The smallest absolute Gasteiger partial charge is 0.191 e. The van der Waals surface area contributed by atoms with Crippen molar-refractivity contribution in [1.29, 1.82) is 0 Å². The van der Waals surface area contributed by atoms with Crippen molar-refractivity contribution in [3.8, 4) is 11.5 Å². The molecule has 0 bridgehead atoms. The van der Waals surface area contributed by atoms with Crippen LogP contribution in [0.2, 0.25) is 0 Å². The van der Waals surface area contributed by atoms with Crippen molar-refractivity contribution in [3.05, 3.63) is 53.6 Å². The van der Waals surface area contributed by atoms with Gasteiger partial charge in [0.2, 0.25) is 0 Å². The van der Waals surface area contributed by atoms with Gasteiger partial charge in [0.15, 0.2) is 5.11 Å². The van der Waals surface area contributed by atoms with E-state index in [1.807, 2.05) is 43.3 Å². The molecule has 0 saturated heterocycles. The molecular formula is C17H19N3O2S. The minimum Gasteiger partial charge on any atom is -0.507 e. The van der Waals surface area contributed by atoms with E-state index in [1.165, 1.54) is 0 Å². The van der Waals surface area contributed by atoms with Crippen LogP contribution in [0.4, 0.5) is 5.69 Å². The number of phenols is 1. The molecular weight excluding hydrogens is 310 g/mol. The number of rotatable bonds is 4. The fraction of sp³-hybridized carbons (Fsp3) is 0.176. The highest BCUT2D eigenvalue weighted by Crippen LogP contribution is 2.19. The van der Waals surface area contributed by atoms with Crippen molar-refractivity contribution in [2.45, 2.75) is 13.8 Å². The molecule has 0 aliphatic heterocycles. The average molecular weight is 329 g/mol. The van der Waals surface area contributed by atoms with Crippen LogP contribution in [-0.4, -0.2) is 23.0 Å². The van der Waals surface area contributed by atoms with Gasteiger partial charge in [-0.05, 0) is 50.3 Å². The zero-order valence-electron chi connectivity index (χ0n) is 13.3. The number of anilines is 1. The summed E-state index contributed by atoms with van der Waals surface area (Å²) in [5.74, 6) is 0.924. The van der Waals surface area contributed by atoms with Crippen LogP contribution in [0.1, 0.15) is 18.1 Å². The summed E-state index contributed by atoms with van der Waals surface area (Å²) in [6.45, 7) is 3.76. The van der Waals surface area contributed by atoms with Crippen molar-refractivity contribution in [2.24, 2.45) is 5.10 Å². The van der Waals surface area contributed by atoms with Gasteiger partial charge in [0.25, 0.3) is 0 Å². The highest BCUT2D eigenvalue weighted by molar-refractivity contribution is 7.80. The Morgan fingerprint density at radius 3 is 2.74 bits per heavy atom. The van der Waals surface area contributed by atoms with Crippen LogP contribution >= 0.6 is 12.2 Å². The summed E-state index contributed by atoms with van der Waals surface area (Å²) in [5.41, 5.74) is 5.92. The Kier molecular flexibility index (Phi) is 5.54. The van der Waals surface area contributed by atoms with E-state index in [2.05, 4.69) is 15.8 Å². The van der Waals surface area contributed by atoms with E-state index in [1.54, 1.807) is 20.1 Å². The monoisotopic (exact) mass is 329 g/mol. The third-order valence-electron chi connectivity index (χ3n) is 3.19. The third-order valence-corrected chi connectivity index (χ3v) is 3.39. The number of aryl methyl sites for hydroxylation is 1. The fourth-order valence-corrected chi connectivity index (χ4v) is 2.16. The maximum absolute atomic E-state index is 9.89. The summed E-state index contributed by atoms with van der Waals surface area (Å²) >= 11 is 5.21. The molecule has 0 amide bonds. The van der Waals surface area contributed by atoms with Gasteiger partial charge >= 0.3 is 0 Å². The lowest BCUT2D eigenvalue weighted by Gasteiger charge is -2.10. The first kappa shape index (κ1) is 16.8. The summed E-state index contributed by atoms with van der Waals surface area (Å²) in [6.07, 6.45) is 0. The van der Waals surface area contributed by atoms with Crippen LogP contribution in [0.3, 0.4) is 0 Å². The predicted molar refractivity (Wildman–Crippen MR) is 97.4 cm³/mol. The Morgan fingerprint density at radius 1 is 1.22 bits per heavy atom. The van der Waals surface area contributed by atoms with Gasteiger partial charge in [0.05, 0.1) is 12.8 Å². The first-order chi connectivity index (χ1) is 11.0. The molecule has 0 radical (unpaired) electrons. The molecule has 2 rings (SSSR count). The van der Waals surface area contributed by atoms with Crippen LogP contribution in [-0.2, 0) is 0 Å². The number of phenolic OH excluding ortho intramolecular Hbond substituents is 1. The van der Waals surface area contributed by atoms with Gasteiger partial charge in [0.1, 0.15) is 11.5 Å². The van der Waals surface area contributed by atoms with Crippen molar-refractivity contribution in [2.75, 3.05) is 12.4 Å². The van der Waals surface area contributed by atoms with E-state index in [9.17, 15) is 5.11 Å². The number of methoxy groups -OCH3 is 1. The number of nitrogens with one attached hydrogen (secondary N) is 2. The zero-order chi connectivity index (χ0) is 16.8. The van der Waals surface area contributed by atoms with E-state index in [-0.39, 0.29) is 5.75 Å². The Morgan fingerprint density at radius 2 is 2.00 bits per heavy atom. The van der Waals surface area contributed by atoms with Crippen LogP contribution in [0.25, 0.3) is 0 Å². The molecule has 120 valence electrons. The number of benzene rings is 2. The van der Waals surface area contributed by atoms with Gasteiger partial charge in [-0.3, -0.25) is 5.43 Å². The predicted octanol–water partition coefficient (Wildman–Crippen LogP) is 3.42. The third kappa shape index (κ3) is 4.69. The minimum atomic E-state index is 0.185. The SMILES string of the molecule is COc1cccc(NC(=S)N/N=C(\C)c2cc(C)ccc2O)c1. The molecule has 6 heteroatoms. The topological polar surface area (TPSA) is 65.9 Å². The molecule has 23 heavy (non-hydrogen) atoms. The molecule has 3 N–H and O–H groups in total. The Balaban J connectivity index is 2.03. The Bertz CT molecular complexity index is 744. The van der Waals surface area contributed by atoms with Crippen LogP contribution in [0.5, 0.6) is 11.5 Å². The molecule has 0 atom stereocenters. The highest BCUT2D eigenvalue weighted by atomic mass is 32.1. The van der Waals surface area contributed by atoms with Gasteiger partial charge < -0.3 is 15.2 Å². The summed E-state index contributed by atoms with van der Waals surface area (Å²) < 4.78 is 5.16. The molecule has 0 spiro atoms. The number of hydrazone groups is 1. The first-order valence-electron chi connectivity index (χ1n) is 7.05. The molecule has 2 aromatic carbocycles. The second-order valence-electron chi connectivity index (χ2n) is 5.02. The summed E-state index contributed by atoms with van der Waals surface area (Å²) in [5, 5.41) is 17.5. The van der Waals surface area contributed by atoms with E-state index >= 15 is 0 Å². The summed E-state index contributed by atoms with van der Waals surface area (Å²) in [4.78, 5) is 0. The molecule has 0 fully saturated rings. The van der Waals surface area contributed by atoms with Gasteiger partial charge in [-0.25, -0.2) is 0 Å². The molecule has 5 nitrogen and oxygen atoms in total. The van der Waals surface area contributed by atoms with Crippen molar-refractivity contribution >= 4 is 28.7 Å². The number of nitrogens with zero attached hydrogens (tertiary/aromatic N) is 1. The number of aromatic hydroxyl groups is 1. The second kappa shape index (κ2) is 7.60. The molecule has 0 unspecified atom stereocenters. The van der Waals surface area contributed by atoms with E-state index in [4.69, 9.17) is 17.0 Å². The Labute approximate surface area is 141 Å². The van der Waals surface area contributed by atoms with Gasteiger partial charge in [-0.1, -0.05) is 17.7 Å². The second-order valence-corrected chi connectivity index (χ2v) is 5.42. The lowest BCUT2D eigenvalue weighted by atomic mass is 10.1. The summed E-state index contributed by atoms with van der Waals surface area (Å²) in [7, 11) is 1.61. The zero-order valence-corrected chi connectivity index (χ0v) is 14.1. The lowest BCUT2D eigenvalue weighted by molar-refractivity contribution is 0.415. The summed E-state index contributed by atoms with van der Waals surface area (Å²) in [6, 6.07) is 12.8. The fourth-order valence-electron chi connectivity index (χ4n) is 1.99. The molecule has 2 aromatic rings. The molecule has 0 aromatic heterocycles. The van der Waals surface area contributed by atoms with Crippen LogP contribution < -0.4 is 15.5 Å². The maximum atomic E-state index is 9.89. The number of hydrogen-bond acceptors (Lipinski definition) is 4. The largest absolute Gasteiger partial charge is 0.507 e. The lowest BCUT2D eigenvalue weighted by Crippen LogP contribution is -2.25. The highest BCUT2D eigenvalue weighted by Gasteiger charge is 2.05. The van der Waals surface area contributed by atoms with E-state index in [0.29, 0.717) is 16.4 Å². The molecule has 0 aliphatic carbocycles. The Hall–Kier alpha value is -2.60. The standard InChI is InChI=1S/C17H19N3O2S/c1-11-7-8-16(21)15(9-11)12(2)19-20-17(23)18-13-5-4-6-14(10-13)22-3/h4-10,21H,1-3H3,(H2,18,20,23)/b19-12+. The van der Waals surface area contributed by atoms with Gasteiger partial charge in [0, 0.05) is 17.3 Å². The number of hydrogen-bond donors (Lipinski definition) is 3.